The Morgan fingerprint density at radius 3 is 2.50 bits per heavy atom. The summed E-state index contributed by atoms with van der Waals surface area (Å²) in [4.78, 5) is 27.3. The number of anilines is 1. The van der Waals surface area contributed by atoms with E-state index in [-0.39, 0.29) is 18.1 Å². The van der Waals surface area contributed by atoms with Gasteiger partial charge in [-0.15, -0.1) is 0 Å². The molecule has 40 heavy (non-hydrogen) atoms. The summed E-state index contributed by atoms with van der Waals surface area (Å²) in [6.07, 6.45) is 1.80. The van der Waals surface area contributed by atoms with Gasteiger partial charge >= 0.3 is 5.97 Å². The van der Waals surface area contributed by atoms with Crippen LogP contribution < -0.4 is 14.4 Å². The highest BCUT2D eigenvalue weighted by atomic mass is 32.1. The largest absolute Gasteiger partial charge is 0.497 e. The Balaban J connectivity index is 1.79. The van der Waals surface area contributed by atoms with Crippen LogP contribution in [-0.4, -0.2) is 51.1 Å². The van der Waals surface area contributed by atoms with E-state index in [4.69, 9.17) is 9.47 Å². The first-order valence-corrected chi connectivity index (χ1v) is 13.7. The fourth-order valence-corrected chi connectivity index (χ4v) is 5.60. The fourth-order valence-electron chi connectivity index (χ4n) is 5.09. The van der Waals surface area contributed by atoms with Crippen molar-refractivity contribution in [2.24, 2.45) is 0 Å². The molecule has 0 aliphatic rings. The number of rotatable bonds is 10. The molecular formula is C30H30N4O5S. The van der Waals surface area contributed by atoms with Crippen LogP contribution in [0.5, 0.6) is 11.5 Å². The van der Waals surface area contributed by atoms with E-state index in [1.165, 1.54) is 0 Å². The number of nitrogens with zero attached hydrogens (tertiary/aromatic N) is 4. The van der Waals surface area contributed by atoms with E-state index < -0.39 is 5.97 Å². The number of aromatic carboxylic acids is 1. The molecule has 9 nitrogen and oxygen atoms in total. The van der Waals surface area contributed by atoms with Crippen LogP contribution in [0.3, 0.4) is 0 Å². The van der Waals surface area contributed by atoms with E-state index >= 15 is 0 Å². The highest BCUT2D eigenvalue weighted by molar-refractivity contribution is 7.00. The van der Waals surface area contributed by atoms with E-state index in [1.54, 1.807) is 42.7 Å². The second-order valence-corrected chi connectivity index (χ2v) is 10.0. The number of aromatic nitrogens is 3. The zero-order valence-electron chi connectivity index (χ0n) is 22.8. The number of carbonyl (C=O) groups is 2. The fraction of sp³-hybridized carbons (Fsp3) is 0.267. The molecule has 3 aromatic carbocycles. The van der Waals surface area contributed by atoms with Crippen LogP contribution in [0, 0.1) is 0 Å². The van der Waals surface area contributed by atoms with E-state index in [9.17, 15) is 14.7 Å². The van der Waals surface area contributed by atoms with Crippen molar-refractivity contribution in [2.45, 2.75) is 33.2 Å². The standard InChI is InChI=1S/C30H30N4O5S/c1-5-6-13-33(18(2)35)21-8-11-26-23(16-21)28(19-7-10-24-25(15-19)32-40-31-24)29(30(36)37)34(26)17-20-14-22(38-3)9-12-27(20)39-4/h7-12,14-16H,5-6,13,17H2,1-4H3,(H,36,37). The third-order valence-corrected chi connectivity index (χ3v) is 7.59. The van der Waals surface area contributed by atoms with Crippen molar-refractivity contribution in [3.05, 3.63) is 65.9 Å². The smallest absolute Gasteiger partial charge is 0.353 e. The first-order chi connectivity index (χ1) is 19.4. The molecule has 0 radical (unpaired) electrons. The van der Waals surface area contributed by atoms with E-state index in [2.05, 4.69) is 15.7 Å². The molecule has 0 unspecified atom stereocenters. The van der Waals surface area contributed by atoms with Crippen LogP contribution in [0.4, 0.5) is 5.69 Å². The monoisotopic (exact) mass is 558 g/mol. The van der Waals surface area contributed by atoms with Crippen molar-refractivity contribution < 1.29 is 24.2 Å². The van der Waals surface area contributed by atoms with Crippen molar-refractivity contribution in [1.82, 2.24) is 13.3 Å². The second-order valence-electron chi connectivity index (χ2n) is 9.49. The summed E-state index contributed by atoms with van der Waals surface area (Å²) in [7, 11) is 3.17. The highest BCUT2D eigenvalue weighted by Gasteiger charge is 2.26. The SMILES string of the molecule is CCCCN(C(C)=O)c1ccc2c(c1)c(-c1ccc3nsnc3c1)c(C(=O)O)n2Cc1cc(OC)ccc1OC. The van der Waals surface area contributed by atoms with Gasteiger partial charge in [0, 0.05) is 41.2 Å². The number of hydrogen-bond acceptors (Lipinski definition) is 7. The van der Waals surface area contributed by atoms with Crippen molar-refractivity contribution in [2.75, 3.05) is 25.7 Å². The quantitative estimate of drug-likeness (QED) is 0.217. The summed E-state index contributed by atoms with van der Waals surface area (Å²) < 4.78 is 21.5. The predicted octanol–water partition coefficient (Wildman–Crippen LogP) is 6.23. The van der Waals surface area contributed by atoms with E-state index in [0.717, 1.165) is 52.2 Å². The van der Waals surface area contributed by atoms with Crippen LogP contribution in [0.2, 0.25) is 0 Å². The van der Waals surface area contributed by atoms with Gasteiger partial charge in [0.1, 0.15) is 28.2 Å². The van der Waals surface area contributed by atoms with Crippen LogP contribution in [0.15, 0.2) is 54.6 Å². The summed E-state index contributed by atoms with van der Waals surface area (Å²) in [5.74, 6) is 0.124. The Labute approximate surface area is 235 Å². The average Bonchev–Trinajstić information content (AvgIpc) is 3.55. The number of carbonyl (C=O) groups excluding carboxylic acids is 1. The molecule has 0 fully saturated rings. The molecule has 0 aliphatic carbocycles. The number of hydrogen-bond donors (Lipinski definition) is 1. The minimum atomic E-state index is -1.07. The summed E-state index contributed by atoms with van der Waals surface area (Å²) in [6.45, 7) is 4.43. The van der Waals surface area contributed by atoms with E-state index in [0.29, 0.717) is 34.7 Å². The normalized spacial score (nSPS) is 11.2. The number of methoxy groups -OCH3 is 2. The molecule has 1 N–H and O–H groups in total. The summed E-state index contributed by atoms with van der Waals surface area (Å²) in [6, 6.07) is 16.7. The molecule has 206 valence electrons. The molecule has 0 saturated heterocycles. The minimum absolute atomic E-state index is 0.0664. The lowest BCUT2D eigenvalue weighted by atomic mass is 10.0. The van der Waals surface area contributed by atoms with Crippen LogP contribution in [0.25, 0.3) is 33.1 Å². The summed E-state index contributed by atoms with van der Waals surface area (Å²) in [5, 5.41) is 11.3. The molecule has 0 saturated carbocycles. The van der Waals surface area contributed by atoms with Crippen molar-refractivity contribution in [1.29, 1.82) is 0 Å². The van der Waals surface area contributed by atoms with Gasteiger partial charge < -0.3 is 24.0 Å². The Hall–Kier alpha value is -4.44. The third kappa shape index (κ3) is 4.98. The van der Waals surface area contributed by atoms with Gasteiger partial charge in [0.15, 0.2) is 0 Å². The Kier molecular flexibility index (Phi) is 7.70. The first kappa shape index (κ1) is 27.1. The van der Waals surface area contributed by atoms with Gasteiger partial charge in [0.25, 0.3) is 0 Å². The third-order valence-electron chi connectivity index (χ3n) is 7.04. The van der Waals surface area contributed by atoms with Crippen LogP contribution in [0.1, 0.15) is 42.7 Å². The van der Waals surface area contributed by atoms with Crippen molar-refractivity contribution >= 4 is 51.2 Å². The predicted molar refractivity (Wildman–Crippen MR) is 157 cm³/mol. The highest BCUT2D eigenvalue weighted by Crippen LogP contribution is 2.39. The molecule has 1 amide bonds. The maximum Gasteiger partial charge on any atom is 0.353 e. The van der Waals surface area contributed by atoms with Gasteiger partial charge in [-0.05, 0) is 60.5 Å². The van der Waals surface area contributed by atoms with Gasteiger partial charge in [-0.1, -0.05) is 19.4 Å². The summed E-state index contributed by atoms with van der Waals surface area (Å²) in [5.41, 5.74) is 5.04. The first-order valence-electron chi connectivity index (χ1n) is 13.0. The van der Waals surface area contributed by atoms with Gasteiger partial charge in [0.2, 0.25) is 5.91 Å². The molecule has 10 heteroatoms. The lowest BCUT2D eigenvalue weighted by molar-refractivity contribution is -0.116. The lowest BCUT2D eigenvalue weighted by Crippen LogP contribution is -2.29. The van der Waals surface area contributed by atoms with Gasteiger partial charge in [-0.2, -0.15) is 8.75 Å². The Morgan fingerprint density at radius 1 is 1.00 bits per heavy atom. The number of carboxylic acids is 1. The maximum absolute atomic E-state index is 13.0. The molecule has 0 bridgehead atoms. The van der Waals surface area contributed by atoms with E-state index in [1.807, 2.05) is 42.5 Å². The van der Waals surface area contributed by atoms with Crippen LogP contribution >= 0.6 is 11.7 Å². The topological polar surface area (TPSA) is 107 Å². The molecule has 0 aliphatic heterocycles. The lowest BCUT2D eigenvalue weighted by Gasteiger charge is -2.21. The number of carboxylic acid groups (broad SMARTS) is 1. The number of amides is 1. The Morgan fingerprint density at radius 2 is 1.80 bits per heavy atom. The van der Waals surface area contributed by atoms with Crippen molar-refractivity contribution in [3.63, 3.8) is 0 Å². The number of benzene rings is 3. The van der Waals surface area contributed by atoms with Gasteiger partial charge in [0.05, 0.1) is 32.5 Å². The van der Waals surface area contributed by atoms with Gasteiger partial charge in [-0.3, -0.25) is 4.79 Å². The molecule has 5 rings (SSSR count). The van der Waals surface area contributed by atoms with Gasteiger partial charge in [-0.25, -0.2) is 4.79 Å². The number of fused-ring (bicyclic) bond motifs is 2. The minimum Gasteiger partial charge on any atom is -0.497 e. The molecule has 2 heterocycles. The molecule has 5 aromatic rings. The van der Waals surface area contributed by atoms with Crippen LogP contribution in [-0.2, 0) is 11.3 Å². The molecular weight excluding hydrogens is 528 g/mol. The molecule has 2 aromatic heterocycles. The average molecular weight is 559 g/mol. The molecule has 0 spiro atoms. The number of unbranched alkanes of at least 4 members (excludes halogenated alkanes) is 1. The summed E-state index contributed by atoms with van der Waals surface area (Å²) >= 11 is 1.11. The van der Waals surface area contributed by atoms with Crippen molar-refractivity contribution in [3.8, 4) is 22.6 Å². The number of ether oxygens (including phenoxy) is 2. The second kappa shape index (κ2) is 11.4. The molecule has 0 atom stereocenters. The Bertz CT molecular complexity index is 1720. The maximum atomic E-state index is 13.0. The zero-order valence-corrected chi connectivity index (χ0v) is 23.6. The zero-order chi connectivity index (χ0) is 28.4.